The molecule has 2 aromatic rings. The minimum Gasteiger partial charge on any atom is -0.359 e. The molecule has 0 aliphatic carbocycles. The summed E-state index contributed by atoms with van der Waals surface area (Å²) in [6, 6.07) is 7.54. The number of rotatable bonds is 3. The summed E-state index contributed by atoms with van der Waals surface area (Å²) in [5.74, 6) is -0.0392. The molecule has 0 aliphatic heterocycles. The van der Waals surface area contributed by atoms with Crippen LogP contribution in [0.1, 0.15) is 12.0 Å². The van der Waals surface area contributed by atoms with Crippen LogP contribution in [0.4, 0.5) is 0 Å². The minimum absolute atomic E-state index is 0.0392. The van der Waals surface area contributed by atoms with Gasteiger partial charge in [-0.3, -0.25) is 4.79 Å². The van der Waals surface area contributed by atoms with Crippen LogP contribution in [0.5, 0.6) is 0 Å². The van der Waals surface area contributed by atoms with E-state index in [1.54, 1.807) is 19.2 Å². The van der Waals surface area contributed by atoms with Gasteiger partial charge in [0.15, 0.2) is 4.77 Å². The average Bonchev–Trinajstić information content (AvgIpc) is 2.71. The van der Waals surface area contributed by atoms with Crippen molar-refractivity contribution < 1.29 is 4.79 Å². The number of para-hydroxylation sites is 1. The summed E-state index contributed by atoms with van der Waals surface area (Å²) in [4.78, 5) is 14.3. The first kappa shape index (κ1) is 12.3. The highest BCUT2D eigenvalue weighted by molar-refractivity contribution is 7.71. The fourth-order valence-corrected chi connectivity index (χ4v) is 2.13. The molecule has 92 valence electrons. The molecular weight excluding hydrogens is 248 g/mol. The Kier molecular flexibility index (Phi) is 3.44. The van der Waals surface area contributed by atoms with Gasteiger partial charge in [-0.05, 0) is 24.4 Å². The Balaban J connectivity index is 2.46. The van der Waals surface area contributed by atoms with Gasteiger partial charge < -0.3 is 14.9 Å². The van der Waals surface area contributed by atoms with Crippen molar-refractivity contribution in [1.82, 2.24) is 14.9 Å². The molecule has 0 spiro atoms. The number of H-pyrrole nitrogens is 1. The Labute approximate surface area is 109 Å². The number of carbonyl (C=O) groups is 1. The summed E-state index contributed by atoms with van der Waals surface area (Å²) < 4.78 is 2.36. The molecule has 18 heavy (non-hydrogen) atoms. The molecule has 0 bridgehead atoms. The summed E-state index contributed by atoms with van der Waals surface area (Å²) in [6.45, 7) is 0.493. The van der Waals surface area contributed by atoms with Gasteiger partial charge in [-0.15, -0.1) is 0 Å². The molecule has 2 N–H and O–H groups in total. The molecule has 0 unspecified atom stereocenters. The van der Waals surface area contributed by atoms with E-state index in [1.807, 2.05) is 10.6 Å². The first-order valence-corrected chi connectivity index (χ1v) is 5.90. The van der Waals surface area contributed by atoms with E-state index in [9.17, 15) is 4.79 Å². The molecule has 6 heteroatoms. The zero-order chi connectivity index (χ0) is 13.1. The summed E-state index contributed by atoms with van der Waals surface area (Å²) in [5.41, 5.74) is 2.13. The number of nitrogens with zero attached hydrogens (tertiary/aromatic N) is 2. The van der Waals surface area contributed by atoms with E-state index in [1.165, 1.54) is 0 Å². The lowest BCUT2D eigenvalue weighted by atomic mass is 10.2. The monoisotopic (exact) mass is 260 g/mol. The van der Waals surface area contributed by atoms with Crippen LogP contribution in [-0.2, 0) is 11.3 Å². The van der Waals surface area contributed by atoms with Crippen molar-refractivity contribution >= 4 is 29.2 Å². The predicted molar refractivity (Wildman–Crippen MR) is 70.5 cm³/mol. The van der Waals surface area contributed by atoms with Crippen LogP contribution in [0.15, 0.2) is 18.2 Å². The second-order valence-corrected chi connectivity index (χ2v) is 4.20. The Morgan fingerprint density at radius 3 is 3.06 bits per heavy atom. The lowest BCUT2D eigenvalue weighted by molar-refractivity contribution is -0.120. The van der Waals surface area contributed by atoms with Crippen molar-refractivity contribution in [3.8, 4) is 6.07 Å². The van der Waals surface area contributed by atoms with Crippen molar-refractivity contribution in [2.45, 2.75) is 13.0 Å². The van der Waals surface area contributed by atoms with Crippen LogP contribution in [0.3, 0.4) is 0 Å². The first-order chi connectivity index (χ1) is 8.67. The number of aromatic amines is 1. The maximum atomic E-state index is 11.3. The normalized spacial score (nSPS) is 10.2. The first-order valence-electron chi connectivity index (χ1n) is 5.49. The molecule has 5 nitrogen and oxygen atoms in total. The second-order valence-electron chi connectivity index (χ2n) is 3.82. The zero-order valence-electron chi connectivity index (χ0n) is 9.86. The highest BCUT2D eigenvalue weighted by Gasteiger charge is 2.08. The van der Waals surface area contributed by atoms with Gasteiger partial charge in [-0.1, -0.05) is 6.07 Å². The van der Waals surface area contributed by atoms with E-state index < -0.39 is 0 Å². The number of aryl methyl sites for hydroxylation is 1. The van der Waals surface area contributed by atoms with Gasteiger partial charge in [0.05, 0.1) is 16.6 Å². The van der Waals surface area contributed by atoms with Gasteiger partial charge in [-0.2, -0.15) is 5.26 Å². The van der Waals surface area contributed by atoms with Crippen LogP contribution < -0.4 is 5.32 Å². The molecule has 0 saturated carbocycles. The third kappa shape index (κ3) is 2.13. The van der Waals surface area contributed by atoms with Crippen molar-refractivity contribution in [2.24, 2.45) is 0 Å². The number of nitriles is 1. The third-order valence-electron chi connectivity index (χ3n) is 2.77. The molecule has 0 fully saturated rings. The second kappa shape index (κ2) is 5.02. The fourth-order valence-electron chi connectivity index (χ4n) is 1.83. The van der Waals surface area contributed by atoms with E-state index in [0.717, 1.165) is 11.0 Å². The Hall–Kier alpha value is -2.13. The molecule has 2 rings (SSSR count). The molecule has 0 radical (unpaired) electrons. The summed E-state index contributed by atoms with van der Waals surface area (Å²) in [5, 5.41) is 11.6. The van der Waals surface area contributed by atoms with Crippen LogP contribution in [-0.4, -0.2) is 22.5 Å². The number of hydrogen-bond acceptors (Lipinski definition) is 3. The van der Waals surface area contributed by atoms with Crippen LogP contribution in [0.2, 0.25) is 0 Å². The Morgan fingerprint density at radius 1 is 1.61 bits per heavy atom. The van der Waals surface area contributed by atoms with Gasteiger partial charge in [0.25, 0.3) is 0 Å². The number of carbonyl (C=O) groups excluding carboxylic acids is 1. The highest BCUT2D eigenvalue weighted by Crippen LogP contribution is 2.18. The largest absolute Gasteiger partial charge is 0.359 e. The number of nitrogens with one attached hydrogen (secondary N) is 2. The molecule has 1 aromatic carbocycles. The number of fused-ring (bicyclic) bond motifs is 1. The van der Waals surface area contributed by atoms with Crippen molar-refractivity contribution in [1.29, 1.82) is 5.26 Å². The van der Waals surface area contributed by atoms with Crippen molar-refractivity contribution in [2.75, 3.05) is 7.05 Å². The number of amides is 1. The number of aromatic nitrogens is 2. The summed E-state index contributed by atoms with van der Waals surface area (Å²) >= 11 is 5.21. The zero-order valence-corrected chi connectivity index (χ0v) is 10.7. The smallest absolute Gasteiger partial charge is 0.221 e. The quantitative estimate of drug-likeness (QED) is 0.825. The van der Waals surface area contributed by atoms with Crippen molar-refractivity contribution in [3.05, 3.63) is 28.5 Å². The third-order valence-corrected chi connectivity index (χ3v) is 3.09. The van der Waals surface area contributed by atoms with E-state index in [2.05, 4.69) is 16.4 Å². The molecule has 0 aliphatic rings. The molecule has 0 saturated heterocycles. The maximum absolute atomic E-state index is 11.3. The molecule has 1 aromatic heterocycles. The van der Waals surface area contributed by atoms with Gasteiger partial charge in [0, 0.05) is 20.0 Å². The average molecular weight is 260 g/mol. The number of benzene rings is 1. The predicted octanol–water partition coefficient (Wildman–Crippen LogP) is 1.71. The Morgan fingerprint density at radius 2 is 2.39 bits per heavy atom. The van der Waals surface area contributed by atoms with E-state index in [0.29, 0.717) is 23.3 Å². The topological polar surface area (TPSA) is 73.6 Å². The van der Waals surface area contributed by atoms with E-state index in [4.69, 9.17) is 17.5 Å². The van der Waals surface area contributed by atoms with Crippen LogP contribution in [0.25, 0.3) is 11.0 Å². The Bertz CT molecular complexity index is 692. The van der Waals surface area contributed by atoms with Gasteiger partial charge >= 0.3 is 0 Å². The molecular formula is C12H12N4OS. The SMILES string of the molecule is CNC(=O)CCn1c(=S)[nH]c2c(C#N)cccc21. The summed E-state index contributed by atoms with van der Waals surface area (Å²) in [7, 11) is 1.60. The molecule has 1 amide bonds. The lowest BCUT2D eigenvalue weighted by Gasteiger charge is -2.03. The number of imidazole rings is 1. The van der Waals surface area contributed by atoms with E-state index >= 15 is 0 Å². The minimum atomic E-state index is -0.0392. The van der Waals surface area contributed by atoms with Gasteiger partial charge in [0.2, 0.25) is 5.91 Å². The number of hydrogen-bond donors (Lipinski definition) is 2. The lowest BCUT2D eigenvalue weighted by Crippen LogP contribution is -2.19. The highest BCUT2D eigenvalue weighted by atomic mass is 32.1. The molecule has 1 heterocycles. The fraction of sp³-hybridized carbons (Fsp3) is 0.250. The van der Waals surface area contributed by atoms with Gasteiger partial charge in [-0.25, -0.2) is 0 Å². The van der Waals surface area contributed by atoms with E-state index in [-0.39, 0.29) is 5.91 Å². The van der Waals surface area contributed by atoms with Crippen LogP contribution in [0, 0.1) is 16.1 Å². The maximum Gasteiger partial charge on any atom is 0.221 e. The van der Waals surface area contributed by atoms with Crippen LogP contribution >= 0.6 is 12.2 Å². The van der Waals surface area contributed by atoms with Crippen molar-refractivity contribution in [3.63, 3.8) is 0 Å². The molecule has 0 atom stereocenters. The van der Waals surface area contributed by atoms with Gasteiger partial charge in [0.1, 0.15) is 6.07 Å². The standard InChI is InChI=1S/C12H12N4OS/c1-14-10(17)5-6-16-9-4-2-3-8(7-13)11(9)15-12(16)18/h2-4H,5-6H2,1H3,(H,14,17)(H,15,18). The summed E-state index contributed by atoms with van der Waals surface area (Å²) in [6.07, 6.45) is 0.356.